The Labute approximate surface area is 120 Å². The second-order valence-electron chi connectivity index (χ2n) is 6.55. The van der Waals surface area contributed by atoms with Crippen LogP contribution in [0.5, 0.6) is 0 Å². The number of hydrogen-bond donors (Lipinski definition) is 2. The minimum absolute atomic E-state index is 0.228. The molecule has 2 aliphatic carbocycles. The Morgan fingerprint density at radius 2 is 1.70 bits per heavy atom. The molecule has 0 aromatic heterocycles. The van der Waals surface area contributed by atoms with E-state index in [9.17, 15) is 14.7 Å². The Hall–Kier alpha value is -1.26. The van der Waals surface area contributed by atoms with E-state index in [1.165, 1.54) is 0 Å². The van der Waals surface area contributed by atoms with Crippen molar-refractivity contribution in [2.24, 2.45) is 5.92 Å². The highest BCUT2D eigenvalue weighted by Gasteiger charge is 2.43. The summed E-state index contributed by atoms with van der Waals surface area (Å²) in [6.45, 7) is 2.24. The van der Waals surface area contributed by atoms with E-state index in [-0.39, 0.29) is 12.1 Å². The summed E-state index contributed by atoms with van der Waals surface area (Å²) >= 11 is 0. The Bertz CT molecular complexity index is 369. The largest absolute Gasteiger partial charge is 0.480 e. The second kappa shape index (κ2) is 6.02. The molecular formula is C15H26N2O3. The fourth-order valence-electron chi connectivity index (χ4n) is 3.46. The highest BCUT2D eigenvalue weighted by Crippen LogP contribution is 2.31. The van der Waals surface area contributed by atoms with Crippen LogP contribution in [-0.4, -0.2) is 40.6 Å². The lowest BCUT2D eigenvalue weighted by atomic mass is 9.87. The topological polar surface area (TPSA) is 69.6 Å². The van der Waals surface area contributed by atoms with Crippen molar-refractivity contribution in [1.82, 2.24) is 10.2 Å². The molecule has 2 amide bonds. The monoisotopic (exact) mass is 282 g/mol. The number of carbonyl (C=O) groups excluding carboxylic acids is 1. The van der Waals surface area contributed by atoms with Gasteiger partial charge in [0.15, 0.2) is 0 Å². The molecule has 0 aliphatic heterocycles. The molecule has 114 valence electrons. The Kier molecular flexibility index (Phi) is 4.55. The van der Waals surface area contributed by atoms with Gasteiger partial charge in [0.1, 0.15) is 5.54 Å². The van der Waals surface area contributed by atoms with Crippen LogP contribution in [0.3, 0.4) is 0 Å². The predicted octanol–water partition coefficient (Wildman–Crippen LogP) is 2.60. The van der Waals surface area contributed by atoms with Crippen LogP contribution in [0.15, 0.2) is 0 Å². The Morgan fingerprint density at radius 1 is 1.15 bits per heavy atom. The fraction of sp³-hybridized carbons (Fsp3) is 0.867. The first-order valence-corrected chi connectivity index (χ1v) is 7.73. The molecule has 0 bridgehead atoms. The molecule has 2 fully saturated rings. The van der Waals surface area contributed by atoms with Crippen molar-refractivity contribution < 1.29 is 14.7 Å². The third-order valence-corrected chi connectivity index (χ3v) is 5.07. The van der Waals surface area contributed by atoms with Crippen molar-refractivity contribution in [3.63, 3.8) is 0 Å². The molecule has 5 heteroatoms. The molecule has 0 unspecified atom stereocenters. The third kappa shape index (κ3) is 3.07. The first-order chi connectivity index (χ1) is 9.44. The van der Waals surface area contributed by atoms with Gasteiger partial charge in [0.05, 0.1) is 0 Å². The summed E-state index contributed by atoms with van der Waals surface area (Å²) in [5, 5.41) is 12.2. The third-order valence-electron chi connectivity index (χ3n) is 5.07. The zero-order chi connectivity index (χ0) is 14.8. The van der Waals surface area contributed by atoms with Gasteiger partial charge in [0, 0.05) is 13.1 Å². The summed E-state index contributed by atoms with van der Waals surface area (Å²) in [7, 11) is 1.79. The van der Waals surface area contributed by atoms with Gasteiger partial charge in [-0.05, 0) is 44.4 Å². The van der Waals surface area contributed by atoms with Gasteiger partial charge in [0.2, 0.25) is 0 Å². The van der Waals surface area contributed by atoms with Crippen molar-refractivity contribution in [1.29, 1.82) is 0 Å². The van der Waals surface area contributed by atoms with Gasteiger partial charge in [-0.2, -0.15) is 0 Å². The number of carboxylic acids is 1. The lowest BCUT2D eigenvalue weighted by molar-refractivity contribution is -0.144. The number of nitrogens with zero attached hydrogens (tertiary/aromatic N) is 1. The van der Waals surface area contributed by atoms with Crippen LogP contribution >= 0.6 is 0 Å². The Balaban J connectivity index is 1.95. The minimum atomic E-state index is -1.03. The summed E-state index contributed by atoms with van der Waals surface area (Å²) in [6.07, 6.45) is 7.16. The zero-order valence-electron chi connectivity index (χ0n) is 12.5. The Morgan fingerprint density at radius 3 is 2.20 bits per heavy atom. The molecule has 0 spiro atoms. The van der Waals surface area contributed by atoms with E-state index in [0.29, 0.717) is 12.8 Å². The zero-order valence-corrected chi connectivity index (χ0v) is 12.5. The second-order valence-corrected chi connectivity index (χ2v) is 6.55. The fourth-order valence-corrected chi connectivity index (χ4v) is 3.46. The molecule has 0 aromatic carbocycles. The van der Waals surface area contributed by atoms with Crippen molar-refractivity contribution in [3.05, 3.63) is 0 Å². The maximum absolute atomic E-state index is 12.3. The van der Waals surface area contributed by atoms with Crippen LogP contribution in [0.2, 0.25) is 0 Å². The molecule has 2 N–H and O–H groups in total. The smallest absolute Gasteiger partial charge is 0.329 e. The van der Waals surface area contributed by atoms with Crippen molar-refractivity contribution in [2.45, 2.75) is 69.9 Å². The minimum Gasteiger partial charge on any atom is -0.480 e. The van der Waals surface area contributed by atoms with E-state index >= 15 is 0 Å². The van der Waals surface area contributed by atoms with Gasteiger partial charge in [0.25, 0.3) is 0 Å². The molecular weight excluding hydrogens is 256 g/mol. The summed E-state index contributed by atoms with van der Waals surface area (Å²) in [5.74, 6) is -0.156. The number of amides is 2. The molecule has 2 saturated carbocycles. The number of aliphatic carboxylic acids is 1. The van der Waals surface area contributed by atoms with Gasteiger partial charge in [-0.25, -0.2) is 9.59 Å². The van der Waals surface area contributed by atoms with Crippen LogP contribution in [0.1, 0.15) is 58.3 Å². The number of urea groups is 1. The van der Waals surface area contributed by atoms with E-state index in [1.807, 2.05) is 0 Å². The van der Waals surface area contributed by atoms with Gasteiger partial charge >= 0.3 is 12.0 Å². The predicted molar refractivity (Wildman–Crippen MR) is 76.5 cm³/mol. The summed E-state index contributed by atoms with van der Waals surface area (Å²) in [4.78, 5) is 25.5. The number of nitrogens with one attached hydrogen (secondary N) is 1. The van der Waals surface area contributed by atoms with Crippen molar-refractivity contribution >= 4 is 12.0 Å². The normalized spacial score (nSPS) is 28.9. The van der Waals surface area contributed by atoms with Crippen molar-refractivity contribution in [2.75, 3.05) is 7.05 Å². The van der Waals surface area contributed by atoms with Crippen LogP contribution in [-0.2, 0) is 4.79 Å². The van der Waals surface area contributed by atoms with Crippen LogP contribution in [0, 0.1) is 5.92 Å². The van der Waals surface area contributed by atoms with E-state index in [4.69, 9.17) is 0 Å². The molecule has 0 aromatic rings. The number of rotatable bonds is 3. The summed E-state index contributed by atoms with van der Waals surface area (Å²) < 4.78 is 0. The average molecular weight is 282 g/mol. The van der Waals surface area contributed by atoms with Crippen LogP contribution in [0.4, 0.5) is 4.79 Å². The molecule has 5 nitrogen and oxygen atoms in total. The molecule has 0 heterocycles. The van der Waals surface area contributed by atoms with Crippen molar-refractivity contribution in [3.8, 4) is 0 Å². The summed E-state index contributed by atoms with van der Waals surface area (Å²) in [6, 6.07) is 0.0206. The van der Waals surface area contributed by atoms with E-state index in [2.05, 4.69) is 12.2 Å². The maximum Gasteiger partial charge on any atom is 0.329 e. The average Bonchev–Trinajstić information content (AvgIpc) is 2.88. The first-order valence-electron chi connectivity index (χ1n) is 7.73. The SMILES string of the molecule is CC1CCC(N(C)C(=O)NC2(C(=O)O)CCCC2)CC1. The lowest BCUT2D eigenvalue weighted by Gasteiger charge is -2.36. The van der Waals surface area contributed by atoms with Crippen LogP contribution in [0.25, 0.3) is 0 Å². The van der Waals surface area contributed by atoms with E-state index in [0.717, 1.165) is 44.4 Å². The van der Waals surface area contributed by atoms with Gasteiger partial charge in [-0.15, -0.1) is 0 Å². The molecule has 20 heavy (non-hydrogen) atoms. The van der Waals surface area contributed by atoms with Gasteiger partial charge in [-0.1, -0.05) is 19.8 Å². The van der Waals surface area contributed by atoms with E-state index < -0.39 is 11.5 Å². The first kappa shape index (κ1) is 15.1. The van der Waals surface area contributed by atoms with Gasteiger partial charge in [-0.3, -0.25) is 0 Å². The molecule has 2 rings (SSSR count). The lowest BCUT2D eigenvalue weighted by Crippen LogP contribution is -2.57. The maximum atomic E-state index is 12.3. The molecule has 0 atom stereocenters. The number of carboxylic acid groups (broad SMARTS) is 1. The quantitative estimate of drug-likeness (QED) is 0.836. The number of carbonyl (C=O) groups is 2. The molecule has 0 saturated heterocycles. The summed E-state index contributed by atoms with van der Waals surface area (Å²) in [5.41, 5.74) is -1.03. The molecule has 0 radical (unpaired) electrons. The highest BCUT2D eigenvalue weighted by atomic mass is 16.4. The standard InChI is InChI=1S/C15H26N2O3/c1-11-5-7-12(8-6-11)17(2)14(20)16-15(13(18)19)9-3-4-10-15/h11-12H,3-10H2,1-2H3,(H,16,20)(H,18,19). The highest BCUT2D eigenvalue weighted by molar-refractivity contribution is 5.86. The number of hydrogen-bond acceptors (Lipinski definition) is 2. The molecule has 2 aliphatic rings. The van der Waals surface area contributed by atoms with E-state index in [1.54, 1.807) is 11.9 Å². The van der Waals surface area contributed by atoms with Gasteiger partial charge < -0.3 is 15.3 Å². The van der Waals surface area contributed by atoms with Crippen LogP contribution < -0.4 is 5.32 Å².